The normalized spacial score (nSPS) is 9.12. The number of aromatic carboxylic acids is 1. The molecule has 0 atom stereocenters. The van der Waals surface area contributed by atoms with Gasteiger partial charge in [0.15, 0.2) is 6.61 Å². The van der Waals surface area contributed by atoms with Crippen molar-refractivity contribution >= 4 is 11.9 Å². The average Bonchev–Trinajstić information content (AvgIpc) is 2.34. The lowest BCUT2D eigenvalue weighted by Crippen LogP contribution is -2.29. The Hall–Kier alpha value is -2.55. The summed E-state index contributed by atoms with van der Waals surface area (Å²) >= 11 is 0. The zero-order valence-electron chi connectivity index (χ0n) is 8.84. The number of terminal acetylenes is 1. The third-order valence-corrected chi connectivity index (χ3v) is 1.72. The highest BCUT2D eigenvalue weighted by Crippen LogP contribution is 2.10. The summed E-state index contributed by atoms with van der Waals surface area (Å²) in [5.41, 5.74) is -0.00784. The van der Waals surface area contributed by atoms with Crippen molar-refractivity contribution in [3.63, 3.8) is 0 Å². The van der Waals surface area contributed by atoms with Crippen LogP contribution in [-0.4, -0.2) is 35.1 Å². The molecule has 0 aliphatic rings. The third kappa shape index (κ3) is 4.22. The van der Waals surface area contributed by atoms with Gasteiger partial charge in [-0.2, -0.15) is 0 Å². The molecule has 1 heterocycles. The summed E-state index contributed by atoms with van der Waals surface area (Å²) in [5, 5.41) is 11.1. The molecule has 0 bridgehead atoms. The molecule has 1 aromatic rings. The maximum atomic E-state index is 11.1. The summed E-state index contributed by atoms with van der Waals surface area (Å²) in [5.74, 6) is 0.955. The van der Waals surface area contributed by atoms with Crippen molar-refractivity contribution in [2.45, 2.75) is 0 Å². The van der Waals surface area contributed by atoms with Crippen LogP contribution in [-0.2, 0) is 4.79 Å². The highest BCUT2D eigenvalue weighted by Gasteiger charge is 2.06. The number of aromatic nitrogens is 1. The second kappa shape index (κ2) is 6.12. The number of amides is 1. The van der Waals surface area contributed by atoms with E-state index in [9.17, 15) is 9.59 Å². The topological polar surface area (TPSA) is 88.5 Å². The molecule has 0 aromatic carbocycles. The molecule has 0 unspecified atom stereocenters. The summed E-state index contributed by atoms with van der Waals surface area (Å²) in [6.07, 6.45) is 7.46. The van der Waals surface area contributed by atoms with Gasteiger partial charge in [0.2, 0.25) is 0 Å². The molecule has 0 fully saturated rings. The Kier molecular flexibility index (Phi) is 4.51. The summed E-state index contributed by atoms with van der Waals surface area (Å²) < 4.78 is 5.05. The summed E-state index contributed by atoms with van der Waals surface area (Å²) in [6, 6.07) is 1.28. The predicted molar refractivity (Wildman–Crippen MR) is 58.5 cm³/mol. The Labute approximate surface area is 97.6 Å². The van der Waals surface area contributed by atoms with E-state index in [0.29, 0.717) is 0 Å². The molecule has 0 radical (unpaired) electrons. The van der Waals surface area contributed by atoms with E-state index in [0.717, 1.165) is 0 Å². The molecule has 6 nitrogen and oxygen atoms in total. The number of carbonyl (C=O) groups excluding carboxylic acids is 1. The fraction of sp³-hybridized carbons (Fsp3) is 0.182. The van der Waals surface area contributed by atoms with Gasteiger partial charge in [-0.3, -0.25) is 9.78 Å². The quantitative estimate of drug-likeness (QED) is 0.695. The van der Waals surface area contributed by atoms with Gasteiger partial charge in [-0.15, -0.1) is 6.42 Å². The molecule has 0 aliphatic heterocycles. The number of hydrogen-bond acceptors (Lipinski definition) is 4. The van der Waals surface area contributed by atoms with E-state index in [1.165, 1.54) is 18.5 Å². The molecular weight excluding hydrogens is 224 g/mol. The van der Waals surface area contributed by atoms with Crippen LogP contribution in [0.5, 0.6) is 5.75 Å². The van der Waals surface area contributed by atoms with Crippen molar-refractivity contribution in [2.24, 2.45) is 0 Å². The fourth-order valence-corrected chi connectivity index (χ4v) is 0.964. The summed E-state index contributed by atoms with van der Waals surface area (Å²) in [6.45, 7) is -0.123. The Balaban J connectivity index is 2.52. The maximum Gasteiger partial charge on any atom is 0.337 e. The van der Waals surface area contributed by atoms with Gasteiger partial charge in [-0.1, -0.05) is 5.92 Å². The lowest BCUT2D eigenvalue weighted by atomic mass is 10.3. The molecule has 1 rings (SSSR count). The van der Waals surface area contributed by atoms with E-state index in [1.54, 1.807) is 0 Å². The molecule has 17 heavy (non-hydrogen) atoms. The van der Waals surface area contributed by atoms with Crippen LogP contribution in [0.4, 0.5) is 0 Å². The standard InChI is InChI=1S/C11H10N2O4/c1-2-3-13-10(14)7-17-9-4-8(11(15)16)5-12-6-9/h1,4-6H,3,7H2,(H,13,14)(H,15,16). The van der Waals surface area contributed by atoms with Crippen LogP contribution in [0.1, 0.15) is 10.4 Å². The Bertz CT molecular complexity index is 465. The average molecular weight is 234 g/mol. The van der Waals surface area contributed by atoms with E-state index >= 15 is 0 Å². The van der Waals surface area contributed by atoms with Crippen LogP contribution in [0.15, 0.2) is 18.5 Å². The minimum Gasteiger partial charge on any atom is -0.482 e. The number of carbonyl (C=O) groups is 2. The SMILES string of the molecule is C#CCNC(=O)COc1cncc(C(=O)O)c1. The highest BCUT2D eigenvalue weighted by molar-refractivity contribution is 5.87. The number of ether oxygens (including phenoxy) is 1. The zero-order chi connectivity index (χ0) is 12.7. The van der Waals surface area contributed by atoms with Crippen molar-refractivity contribution in [1.82, 2.24) is 10.3 Å². The van der Waals surface area contributed by atoms with Crippen LogP contribution >= 0.6 is 0 Å². The number of hydrogen-bond donors (Lipinski definition) is 2. The van der Waals surface area contributed by atoms with Gasteiger partial charge in [0.1, 0.15) is 5.75 Å². The van der Waals surface area contributed by atoms with Gasteiger partial charge in [0.05, 0.1) is 18.3 Å². The molecule has 0 spiro atoms. The number of nitrogens with zero attached hydrogens (tertiary/aromatic N) is 1. The van der Waals surface area contributed by atoms with Gasteiger partial charge in [0.25, 0.3) is 5.91 Å². The third-order valence-electron chi connectivity index (χ3n) is 1.72. The van der Waals surface area contributed by atoms with Crippen molar-refractivity contribution in [3.8, 4) is 18.1 Å². The van der Waals surface area contributed by atoms with Crippen LogP contribution in [0.2, 0.25) is 0 Å². The Morgan fingerprint density at radius 3 is 2.94 bits per heavy atom. The number of nitrogens with one attached hydrogen (secondary N) is 1. The van der Waals surface area contributed by atoms with Gasteiger partial charge >= 0.3 is 5.97 Å². The minimum absolute atomic E-state index is 0.00784. The maximum absolute atomic E-state index is 11.1. The number of pyridine rings is 1. The first-order valence-corrected chi connectivity index (χ1v) is 4.65. The lowest BCUT2D eigenvalue weighted by Gasteiger charge is -2.05. The monoisotopic (exact) mass is 234 g/mol. The Morgan fingerprint density at radius 1 is 1.53 bits per heavy atom. The van der Waals surface area contributed by atoms with Gasteiger partial charge in [-0.25, -0.2) is 4.79 Å². The number of rotatable bonds is 5. The predicted octanol–water partition coefficient (Wildman–Crippen LogP) is -0.0920. The van der Waals surface area contributed by atoms with Gasteiger partial charge in [-0.05, 0) is 6.07 Å². The van der Waals surface area contributed by atoms with E-state index in [2.05, 4.69) is 16.2 Å². The molecule has 0 saturated heterocycles. The number of carboxylic acid groups (broad SMARTS) is 1. The first-order valence-electron chi connectivity index (χ1n) is 4.65. The molecule has 2 N–H and O–H groups in total. The zero-order valence-corrected chi connectivity index (χ0v) is 8.84. The molecule has 1 amide bonds. The van der Waals surface area contributed by atoms with Crippen molar-refractivity contribution in [1.29, 1.82) is 0 Å². The first-order chi connectivity index (χ1) is 8.13. The van der Waals surface area contributed by atoms with E-state index in [4.69, 9.17) is 16.3 Å². The second-order valence-electron chi connectivity index (χ2n) is 2.98. The molecular formula is C11H10N2O4. The van der Waals surface area contributed by atoms with Crippen molar-refractivity contribution in [2.75, 3.05) is 13.2 Å². The van der Waals surface area contributed by atoms with Gasteiger partial charge < -0.3 is 15.2 Å². The number of carboxylic acids is 1. The fourth-order valence-electron chi connectivity index (χ4n) is 0.964. The van der Waals surface area contributed by atoms with Crippen molar-refractivity contribution < 1.29 is 19.4 Å². The lowest BCUT2D eigenvalue weighted by molar-refractivity contribution is -0.122. The van der Waals surface area contributed by atoms with Crippen molar-refractivity contribution in [3.05, 3.63) is 24.0 Å². The molecule has 1 aromatic heterocycles. The molecule has 6 heteroatoms. The summed E-state index contributed by atoms with van der Waals surface area (Å²) in [7, 11) is 0. The highest BCUT2D eigenvalue weighted by atomic mass is 16.5. The van der Waals surface area contributed by atoms with Crippen LogP contribution < -0.4 is 10.1 Å². The van der Waals surface area contributed by atoms with Crippen LogP contribution in [0.25, 0.3) is 0 Å². The van der Waals surface area contributed by atoms with Crippen LogP contribution in [0.3, 0.4) is 0 Å². The van der Waals surface area contributed by atoms with E-state index in [-0.39, 0.29) is 30.4 Å². The summed E-state index contributed by atoms with van der Waals surface area (Å²) in [4.78, 5) is 25.4. The molecule has 88 valence electrons. The van der Waals surface area contributed by atoms with Gasteiger partial charge in [0, 0.05) is 6.20 Å². The minimum atomic E-state index is -1.11. The Morgan fingerprint density at radius 2 is 2.29 bits per heavy atom. The smallest absolute Gasteiger partial charge is 0.337 e. The van der Waals surface area contributed by atoms with Crippen LogP contribution in [0, 0.1) is 12.3 Å². The van der Waals surface area contributed by atoms with E-state index < -0.39 is 5.97 Å². The van der Waals surface area contributed by atoms with E-state index in [1.807, 2.05) is 0 Å². The first kappa shape index (κ1) is 12.5. The molecule has 0 saturated carbocycles. The largest absolute Gasteiger partial charge is 0.482 e. The molecule has 0 aliphatic carbocycles. The second-order valence-corrected chi connectivity index (χ2v) is 2.98.